The highest BCUT2D eigenvalue weighted by atomic mass is 16.1. The molecule has 2 aromatic heterocycles. The third-order valence-corrected chi connectivity index (χ3v) is 3.39. The molecule has 2 atom stereocenters. The van der Waals surface area contributed by atoms with Gasteiger partial charge in [-0.15, -0.1) is 0 Å². The molecule has 6 heteroatoms. The first-order chi connectivity index (χ1) is 9.70. The number of amides is 1. The van der Waals surface area contributed by atoms with Gasteiger partial charge in [-0.2, -0.15) is 5.10 Å². The molecule has 1 amide bonds. The molecule has 20 heavy (non-hydrogen) atoms. The topological polar surface area (TPSA) is 75.6 Å². The zero-order valence-corrected chi connectivity index (χ0v) is 11.9. The molecule has 0 saturated carbocycles. The highest BCUT2D eigenvalue weighted by Crippen LogP contribution is 2.18. The van der Waals surface area contributed by atoms with Gasteiger partial charge in [0.25, 0.3) is 0 Å². The monoisotopic (exact) mass is 275 g/mol. The van der Waals surface area contributed by atoms with Gasteiger partial charge >= 0.3 is 0 Å². The van der Waals surface area contributed by atoms with Gasteiger partial charge < -0.3 is 9.88 Å². The molecule has 108 valence electrons. The van der Waals surface area contributed by atoms with Crippen LogP contribution in [-0.4, -0.2) is 25.7 Å². The van der Waals surface area contributed by atoms with E-state index >= 15 is 0 Å². The maximum absolute atomic E-state index is 12.2. The van der Waals surface area contributed by atoms with Gasteiger partial charge in [0.2, 0.25) is 5.91 Å². The predicted molar refractivity (Wildman–Crippen MR) is 75.9 cm³/mol. The second-order valence-corrected chi connectivity index (χ2v) is 4.98. The summed E-state index contributed by atoms with van der Waals surface area (Å²) in [5, 5.41) is 9.65. The number of carbonyl (C=O) groups is 1. The van der Waals surface area contributed by atoms with Gasteiger partial charge in [-0.05, 0) is 13.3 Å². The number of carbonyl (C=O) groups excluding carboxylic acids is 1. The van der Waals surface area contributed by atoms with E-state index < -0.39 is 0 Å². The molecule has 0 fully saturated rings. The van der Waals surface area contributed by atoms with Crippen molar-refractivity contribution >= 4 is 5.91 Å². The smallest absolute Gasteiger partial charge is 0.222 e. The van der Waals surface area contributed by atoms with Crippen LogP contribution in [0, 0.1) is 0 Å². The van der Waals surface area contributed by atoms with Crippen LogP contribution in [0.4, 0.5) is 0 Å². The van der Waals surface area contributed by atoms with Gasteiger partial charge in [0.15, 0.2) is 0 Å². The highest BCUT2D eigenvalue weighted by molar-refractivity contribution is 5.76. The van der Waals surface area contributed by atoms with Crippen molar-refractivity contribution in [2.24, 2.45) is 0 Å². The van der Waals surface area contributed by atoms with Crippen molar-refractivity contribution in [3.63, 3.8) is 0 Å². The van der Waals surface area contributed by atoms with Crippen LogP contribution in [0.1, 0.15) is 50.8 Å². The SMILES string of the molecule is CCCC(CC(=O)NC(C)c1cn[nH]c1)n1ccnc1. The van der Waals surface area contributed by atoms with Crippen LogP contribution < -0.4 is 5.32 Å². The Hall–Kier alpha value is -2.11. The van der Waals surface area contributed by atoms with E-state index in [2.05, 4.69) is 27.4 Å². The highest BCUT2D eigenvalue weighted by Gasteiger charge is 2.17. The first-order valence-electron chi connectivity index (χ1n) is 6.96. The lowest BCUT2D eigenvalue weighted by Gasteiger charge is -2.19. The van der Waals surface area contributed by atoms with Gasteiger partial charge in [0, 0.05) is 36.6 Å². The Morgan fingerprint density at radius 3 is 3.00 bits per heavy atom. The zero-order valence-electron chi connectivity index (χ0n) is 11.9. The quantitative estimate of drug-likeness (QED) is 0.813. The summed E-state index contributed by atoms with van der Waals surface area (Å²) < 4.78 is 2.01. The van der Waals surface area contributed by atoms with Gasteiger partial charge in [0.1, 0.15) is 0 Å². The molecule has 2 rings (SSSR count). The van der Waals surface area contributed by atoms with E-state index in [0.29, 0.717) is 6.42 Å². The number of hydrogen-bond donors (Lipinski definition) is 2. The van der Waals surface area contributed by atoms with Crippen molar-refractivity contribution in [2.75, 3.05) is 0 Å². The van der Waals surface area contributed by atoms with E-state index in [1.807, 2.05) is 17.7 Å². The van der Waals surface area contributed by atoms with Crippen molar-refractivity contribution in [3.8, 4) is 0 Å². The van der Waals surface area contributed by atoms with Crippen LogP contribution in [0.2, 0.25) is 0 Å². The maximum atomic E-state index is 12.2. The summed E-state index contributed by atoms with van der Waals surface area (Å²) in [5.41, 5.74) is 0.980. The summed E-state index contributed by atoms with van der Waals surface area (Å²) in [4.78, 5) is 16.2. The lowest BCUT2D eigenvalue weighted by Crippen LogP contribution is -2.28. The number of aromatic amines is 1. The van der Waals surface area contributed by atoms with Gasteiger partial charge in [-0.25, -0.2) is 4.98 Å². The molecule has 2 aromatic rings. The Balaban J connectivity index is 1.92. The number of aromatic nitrogens is 4. The van der Waals surface area contributed by atoms with E-state index in [0.717, 1.165) is 18.4 Å². The van der Waals surface area contributed by atoms with Crippen molar-refractivity contribution in [2.45, 2.75) is 45.2 Å². The molecule has 0 aromatic carbocycles. The molecule has 2 N–H and O–H groups in total. The Morgan fingerprint density at radius 1 is 1.55 bits per heavy atom. The van der Waals surface area contributed by atoms with E-state index in [1.54, 1.807) is 24.9 Å². The molecule has 0 aliphatic heterocycles. The largest absolute Gasteiger partial charge is 0.349 e. The van der Waals surface area contributed by atoms with E-state index in [-0.39, 0.29) is 18.0 Å². The Kier molecular flexibility index (Phi) is 4.92. The molecule has 0 spiro atoms. The fourth-order valence-electron chi connectivity index (χ4n) is 2.27. The van der Waals surface area contributed by atoms with Crippen LogP contribution in [-0.2, 0) is 4.79 Å². The summed E-state index contributed by atoms with van der Waals surface area (Å²) in [6, 6.07) is 0.130. The number of rotatable bonds is 7. The molecule has 0 aliphatic carbocycles. The molecule has 0 aliphatic rings. The lowest BCUT2D eigenvalue weighted by atomic mass is 10.1. The minimum atomic E-state index is -0.0358. The molecule has 0 bridgehead atoms. The summed E-state index contributed by atoms with van der Waals surface area (Å²) in [7, 11) is 0. The fraction of sp³-hybridized carbons (Fsp3) is 0.500. The van der Waals surface area contributed by atoms with Crippen LogP contribution in [0.15, 0.2) is 31.1 Å². The minimum Gasteiger partial charge on any atom is -0.349 e. The number of nitrogens with zero attached hydrogens (tertiary/aromatic N) is 3. The van der Waals surface area contributed by atoms with Crippen molar-refractivity contribution in [3.05, 3.63) is 36.7 Å². The number of imidazole rings is 1. The summed E-state index contributed by atoms with van der Waals surface area (Å²) >= 11 is 0. The average Bonchev–Trinajstić information content (AvgIpc) is 3.11. The van der Waals surface area contributed by atoms with Crippen molar-refractivity contribution in [1.29, 1.82) is 0 Å². The van der Waals surface area contributed by atoms with E-state index in [4.69, 9.17) is 0 Å². The van der Waals surface area contributed by atoms with Gasteiger partial charge in [0.05, 0.1) is 18.6 Å². The van der Waals surface area contributed by atoms with Crippen LogP contribution in [0.3, 0.4) is 0 Å². The van der Waals surface area contributed by atoms with Crippen LogP contribution in [0.25, 0.3) is 0 Å². The first kappa shape index (κ1) is 14.3. The summed E-state index contributed by atoms with van der Waals surface area (Å²) in [6.45, 7) is 4.07. The minimum absolute atomic E-state index is 0.0358. The van der Waals surface area contributed by atoms with Crippen molar-refractivity contribution in [1.82, 2.24) is 25.1 Å². The van der Waals surface area contributed by atoms with Crippen LogP contribution in [0.5, 0.6) is 0 Å². The Bertz CT molecular complexity index is 506. The van der Waals surface area contributed by atoms with Gasteiger partial charge in [-0.3, -0.25) is 9.89 Å². The fourth-order valence-corrected chi connectivity index (χ4v) is 2.27. The third-order valence-electron chi connectivity index (χ3n) is 3.39. The normalized spacial score (nSPS) is 13.9. The molecular formula is C14H21N5O. The lowest BCUT2D eigenvalue weighted by molar-refractivity contribution is -0.122. The molecule has 0 radical (unpaired) electrons. The maximum Gasteiger partial charge on any atom is 0.222 e. The zero-order chi connectivity index (χ0) is 14.4. The molecule has 2 heterocycles. The standard InChI is InChI=1S/C14H21N5O/c1-3-4-13(19-6-5-15-10-19)7-14(20)18-11(2)12-8-16-17-9-12/h5-6,8-11,13H,3-4,7H2,1-2H3,(H,16,17)(H,18,20). The van der Waals surface area contributed by atoms with E-state index in [9.17, 15) is 4.79 Å². The van der Waals surface area contributed by atoms with Crippen molar-refractivity contribution < 1.29 is 4.79 Å². The summed E-state index contributed by atoms with van der Waals surface area (Å²) in [6.07, 6.45) is 11.4. The van der Waals surface area contributed by atoms with Gasteiger partial charge in [-0.1, -0.05) is 13.3 Å². The molecule has 0 saturated heterocycles. The number of hydrogen-bond acceptors (Lipinski definition) is 3. The summed E-state index contributed by atoms with van der Waals surface area (Å²) in [5.74, 6) is 0.0471. The Labute approximate surface area is 118 Å². The first-order valence-corrected chi connectivity index (χ1v) is 6.96. The predicted octanol–water partition coefficient (Wildman–Crippen LogP) is 2.21. The molecular weight excluding hydrogens is 254 g/mol. The van der Waals surface area contributed by atoms with Crippen LogP contribution >= 0.6 is 0 Å². The average molecular weight is 275 g/mol. The third kappa shape index (κ3) is 3.69. The molecule has 6 nitrogen and oxygen atoms in total. The second kappa shape index (κ2) is 6.88. The number of H-pyrrole nitrogens is 1. The van der Waals surface area contributed by atoms with E-state index in [1.165, 1.54) is 0 Å². The number of nitrogens with one attached hydrogen (secondary N) is 2. The second-order valence-electron chi connectivity index (χ2n) is 4.98. The Morgan fingerprint density at radius 2 is 2.40 bits per heavy atom. The molecule has 2 unspecified atom stereocenters.